The first-order valence-corrected chi connectivity index (χ1v) is 6.72. The highest BCUT2D eigenvalue weighted by molar-refractivity contribution is 5.82. The van der Waals surface area contributed by atoms with Gasteiger partial charge in [-0.05, 0) is 35.9 Å². The third-order valence-electron chi connectivity index (χ3n) is 2.84. The monoisotopic (exact) mass is 329 g/mol. The first-order chi connectivity index (χ1) is 11.5. The zero-order valence-electron chi connectivity index (χ0n) is 12.7. The molecule has 0 aliphatic rings. The third-order valence-corrected chi connectivity index (χ3v) is 2.84. The van der Waals surface area contributed by atoms with Crippen molar-refractivity contribution in [3.05, 3.63) is 58.1 Å². The molecule has 0 fully saturated rings. The topological polar surface area (TPSA) is 138 Å². The molecule has 0 bridgehead atoms. The van der Waals surface area contributed by atoms with Gasteiger partial charge in [-0.3, -0.25) is 10.1 Å². The van der Waals surface area contributed by atoms with E-state index in [0.29, 0.717) is 22.8 Å². The molecular weight excluding hydrogens is 314 g/mol. The Kier molecular flexibility index (Phi) is 5.29. The summed E-state index contributed by atoms with van der Waals surface area (Å²) >= 11 is 0. The molecule has 0 aromatic heterocycles. The summed E-state index contributed by atoms with van der Waals surface area (Å²) in [7, 11) is 1.50. The van der Waals surface area contributed by atoms with E-state index in [0.717, 1.165) is 0 Å². The standard InChI is InChI=1S/C15H15N5O4/c1-23-14-8-10(9-18-19-15(16)17)2-7-13(14)24-12-5-3-11(4-6-12)20(21)22/h2-9H,1H3,(H4,16,17,19)/b18-9-. The minimum absolute atomic E-state index is 0.0133. The largest absolute Gasteiger partial charge is 0.493 e. The number of nitrogens with zero attached hydrogens (tertiary/aromatic N) is 3. The van der Waals surface area contributed by atoms with E-state index in [2.05, 4.69) is 10.2 Å². The average Bonchev–Trinajstić information content (AvgIpc) is 2.56. The molecule has 0 aliphatic heterocycles. The molecule has 0 unspecified atom stereocenters. The van der Waals surface area contributed by atoms with Gasteiger partial charge in [-0.15, -0.1) is 5.10 Å². The van der Waals surface area contributed by atoms with E-state index in [-0.39, 0.29) is 11.6 Å². The van der Waals surface area contributed by atoms with Crippen molar-refractivity contribution in [2.45, 2.75) is 0 Å². The zero-order chi connectivity index (χ0) is 17.5. The number of hydrogen-bond acceptors (Lipinski definition) is 6. The minimum Gasteiger partial charge on any atom is -0.493 e. The van der Waals surface area contributed by atoms with E-state index in [1.54, 1.807) is 18.2 Å². The molecule has 0 heterocycles. The van der Waals surface area contributed by atoms with Crippen molar-refractivity contribution in [1.29, 1.82) is 0 Å². The second kappa shape index (κ2) is 7.58. The summed E-state index contributed by atoms with van der Waals surface area (Å²) in [6.07, 6.45) is 1.46. The van der Waals surface area contributed by atoms with Crippen LogP contribution in [-0.2, 0) is 0 Å². The molecule has 0 amide bonds. The van der Waals surface area contributed by atoms with Crippen LogP contribution in [0.5, 0.6) is 17.2 Å². The zero-order valence-corrected chi connectivity index (χ0v) is 12.7. The molecule has 0 spiro atoms. The molecule has 2 rings (SSSR count). The Balaban J connectivity index is 2.19. The van der Waals surface area contributed by atoms with Crippen LogP contribution in [0.4, 0.5) is 5.69 Å². The van der Waals surface area contributed by atoms with Gasteiger partial charge in [0.2, 0.25) is 5.96 Å². The number of benzene rings is 2. The van der Waals surface area contributed by atoms with Crippen molar-refractivity contribution in [2.24, 2.45) is 21.7 Å². The molecule has 0 saturated heterocycles. The van der Waals surface area contributed by atoms with Crippen molar-refractivity contribution in [1.82, 2.24) is 0 Å². The maximum atomic E-state index is 10.6. The van der Waals surface area contributed by atoms with Crippen LogP contribution in [0.25, 0.3) is 0 Å². The van der Waals surface area contributed by atoms with E-state index < -0.39 is 4.92 Å². The molecule has 2 aromatic carbocycles. The maximum absolute atomic E-state index is 10.6. The lowest BCUT2D eigenvalue weighted by atomic mass is 10.2. The smallest absolute Gasteiger partial charge is 0.269 e. The Morgan fingerprint density at radius 2 is 1.88 bits per heavy atom. The van der Waals surface area contributed by atoms with Gasteiger partial charge in [0.1, 0.15) is 5.75 Å². The van der Waals surface area contributed by atoms with E-state index in [1.165, 1.54) is 37.6 Å². The summed E-state index contributed by atoms with van der Waals surface area (Å²) in [5, 5.41) is 17.9. The predicted molar refractivity (Wildman–Crippen MR) is 89.6 cm³/mol. The van der Waals surface area contributed by atoms with E-state index in [4.69, 9.17) is 20.9 Å². The summed E-state index contributed by atoms with van der Waals surface area (Å²) in [6, 6.07) is 10.8. The first-order valence-electron chi connectivity index (χ1n) is 6.72. The van der Waals surface area contributed by atoms with Gasteiger partial charge >= 0.3 is 0 Å². The lowest BCUT2D eigenvalue weighted by Gasteiger charge is -2.10. The number of nitro groups is 1. The fourth-order valence-electron chi connectivity index (χ4n) is 1.77. The fourth-order valence-corrected chi connectivity index (χ4v) is 1.77. The number of ether oxygens (including phenoxy) is 2. The van der Waals surface area contributed by atoms with E-state index in [9.17, 15) is 10.1 Å². The Hall–Kier alpha value is -3.62. The Bertz CT molecular complexity index is 783. The molecule has 0 aliphatic carbocycles. The van der Waals surface area contributed by atoms with Gasteiger partial charge in [0.05, 0.1) is 18.2 Å². The summed E-state index contributed by atoms with van der Waals surface area (Å²) in [5.41, 5.74) is 11.0. The average molecular weight is 329 g/mol. The normalized spacial score (nSPS) is 10.4. The van der Waals surface area contributed by atoms with Crippen molar-refractivity contribution < 1.29 is 14.4 Å². The van der Waals surface area contributed by atoms with E-state index in [1.807, 2.05) is 0 Å². The number of guanidine groups is 1. The van der Waals surface area contributed by atoms with E-state index >= 15 is 0 Å². The highest BCUT2D eigenvalue weighted by Crippen LogP contribution is 2.32. The molecular formula is C15H15N5O4. The van der Waals surface area contributed by atoms with Crippen LogP contribution < -0.4 is 20.9 Å². The van der Waals surface area contributed by atoms with Crippen LogP contribution in [0, 0.1) is 10.1 Å². The van der Waals surface area contributed by atoms with Gasteiger partial charge in [-0.2, -0.15) is 5.10 Å². The summed E-state index contributed by atoms with van der Waals surface area (Å²) in [4.78, 5) is 10.2. The lowest BCUT2D eigenvalue weighted by Crippen LogP contribution is -2.21. The number of non-ortho nitro benzene ring substituents is 1. The quantitative estimate of drug-likeness (QED) is 0.360. The van der Waals surface area contributed by atoms with Crippen molar-refractivity contribution in [3.63, 3.8) is 0 Å². The maximum Gasteiger partial charge on any atom is 0.269 e. The van der Waals surface area contributed by atoms with Gasteiger partial charge in [-0.1, -0.05) is 0 Å². The molecule has 9 heteroatoms. The Labute approximate surface area is 137 Å². The molecule has 0 atom stereocenters. The Morgan fingerprint density at radius 3 is 2.46 bits per heavy atom. The molecule has 9 nitrogen and oxygen atoms in total. The molecule has 2 aromatic rings. The number of methoxy groups -OCH3 is 1. The van der Waals surface area contributed by atoms with Crippen LogP contribution in [0.2, 0.25) is 0 Å². The molecule has 0 radical (unpaired) electrons. The molecule has 124 valence electrons. The highest BCUT2D eigenvalue weighted by atomic mass is 16.6. The van der Waals surface area contributed by atoms with Gasteiger partial charge in [0.25, 0.3) is 5.69 Å². The van der Waals surface area contributed by atoms with Crippen LogP contribution in [0.3, 0.4) is 0 Å². The summed E-state index contributed by atoms with van der Waals surface area (Å²) in [5.74, 6) is 1.21. The number of hydrogen-bond donors (Lipinski definition) is 2. The minimum atomic E-state index is -0.477. The Morgan fingerprint density at radius 1 is 1.17 bits per heavy atom. The van der Waals surface area contributed by atoms with Crippen molar-refractivity contribution >= 4 is 17.9 Å². The van der Waals surface area contributed by atoms with Crippen LogP contribution in [0.15, 0.2) is 52.7 Å². The summed E-state index contributed by atoms with van der Waals surface area (Å²) < 4.78 is 10.9. The lowest BCUT2D eigenvalue weighted by molar-refractivity contribution is -0.384. The van der Waals surface area contributed by atoms with Gasteiger partial charge < -0.3 is 20.9 Å². The van der Waals surface area contributed by atoms with Crippen molar-refractivity contribution in [3.8, 4) is 17.2 Å². The number of nitrogens with two attached hydrogens (primary N) is 2. The van der Waals surface area contributed by atoms with Gasteiger partial charge in [-0.25, -0.2) is 0 Å². The third kappa shape index (κ3) is 4.44. The predicted octanol–water partition coefficient (Wildman–Crippen LogP) is 2.00. The molecule has 24 heavy (non-hydrogen) atoms. The second-order valence-corrected chi connectivity index (χ2v) is 4.53. The SMILES string of the molecule is COc1cc(/C=N\N=C(N)N)ccc1Oc1ccc([N+](=O)[O-])cc1. The molecule has 4 N–H and O–H groups in total. The van der Waals surface area contributed by atoms with Gasteiger partial charge in [0.15, 0.2) is 11.5 Å². The molecule has 0 saturated carbocycles. The highest BCUT2D eigenvalue weighted by Gasteiger charge is 2.09. The van der Waals surface area contributed by atoms with Crippen LogP contribution in [-0.4, -0.2) is 24.2 Å². The number of nitro benzene ring substituents is 1. The van der Waals surface area contributed by atoms with Crippen LogP contribution in [0.1, 0.15) is 5.56 Å². The number of rotatable bonds is 6. The van der Waals surface area contributed by atoms with Gasteiger partial charge in [0, 0.05) is 12.1 Å². The van der Waals surface area contributed by atoms with Crippen LogP contribution >= 0.6 is 0 Å². The fraction of sp³-hybridized carbons (Fsp3) is 0.0667. The van der Waals surface area contributed by atoms with Crippen molar-refractivity contribution in [2.75, 3.05) is 7.11 Å². The summed E-state index contributed by atoms with van der Waals surface area (Å²) in [6.45, 7) is 0. The first kappa shape index (κ1) is 16.7. The second-order valence-electron chi connectivity index (χ2n) is 4.53.